The summed E-state index contributed by atoms with van der Waals surface area (Å²) in [6.45, 7) is 4.22. The lowest BCUT2D eigenvalue weighted by atomic mass is 10.2. The number of allylic oxidation sites excluding steroid dienone is 1. The van der Waals surface area contributed by atoms with Gasteiger partial charge in [0.05, 0.1) is 12.9 Å². The van der Waals surface area contributed by atoms with Crippen molar-refractivity contribution in [2.75, 3.05) is 12.9 Å². The topological polar surface area (TPSA) is 77.2 Å². The van der Waals surface area contributed by atoms with E-state index in [4.69, 9.17) is 9.84 Å². The molecule has 0 aliphatic heterocycles. The molecule has 0 bridgehead atoms. The molecule has 21 heavy (non-hydrogen) atoms. The maximum Gasteiger partial charge on any atom is 0.313 e. The number of methoxy groups -OCH3 is 1. The number of aliphatic carboxylic acids is 1. The summed E-state index contributed by atoms with van der Waals surface area (Å²) in [6, 6.07) is 7.45. The third kappa shape index (κ3) is 3.63. The zero-order valence-electron chi connectivity index (χ0n) is 11.5. The molecule has 0 aliphatic carbocycles. The minimum atomic E-state index is -0.890. The number of rotatable bonds is 7. The van der Waals surface area contributed by atoms with Crippen LogP contribution < -0.4 is 4.74 Å². The van der Waals surface area contributed by atoms with Gasteiger partial charge in [0.15, 0.2) is 11.0 Å². The molecule has 110 valence electrons. The van der Waals surface area contributed by atoms with Gasteiger partial charge in [-0.2, -0.15) is 0 Å². The highest BCUT2D eigenvalue weighted by Gasteiger charge is 2.14. The smallest absolute Gasteiger partial charge is 0.313 e. The Hall–Kier alpha value is -2.28. The third-order valence-electron chi connectivity index (χ3n) is 2.70. The molecule has 0 saturated carbocycles. The normalized spacial score (nSPS) is 10.3. The highest BCUT2D eigenvalue weighted by atomic mass is 32.2. The number of aromatic nitrogens is 3. The van der Waals surface area contributed by atoms with E-state index in [0.29, 0.717) is 17.5 Å². The van der Waals surface area contributed by atoms with Crippen molar-refractivity contribution >= 4 is 17.7 Å². The molecular formula is C14H15N3O3S. The predicted octanol–water partition coefficient (Wildman–Crippen LogP) is 2.32. The Labute approximate surface area is 126 Å². The minimum Gasteiger partial charge on any atom is -0.497 e. The second-order valence-corrected chi connectivity index (χ2v) is 5.06. The third-order valence-corrected chi connectivity index (χ3v) is 3.65. The molecule has 0 fully saturated rings. The largest absolute Gasteiger partial charge is 0.497 e. The number of thioether (sulfide) groups is 1. The Kier molecular flexibility index (Phi) is 4.99. The van der Waals surface area contributed by atoms with Crippen LogP contribution in [0.1, 0.15) is 0 Å². The molecule has 0 radical (unpaired) electrons. The predicted molar refractivity (Wildman–Crippen MR) is 80.6 cm³/mol. The van der Waals surface area contributed by atoms with E-state index in [1.54, 1.807) is 13.2 Å². The first-order chi connectivity index (χ1) is 10.2. The van der Waals surface area contributed by atoms with Crippen LogP contribution in [0, 0.1) is 0 Å². The summed E-state index contributed by atoms with van der Waals surface area (Å²) in [6.07, 6.45) is 1.72. The molecule has 0 spiro atoms. The number of carbonyl (C=O) groups is 1. The van der Waals surface area contributed by atoms with E-state index in [1.807, 2.05) is 28.8 Å². The van der Waals surface area contributed by atoms with E-state index >= 15 is 0 Å². The highest BCUT2D eigenvalue weighted by Crippen LogP contribution is 2.25. The van der Waals surface area contributed by atoms with E-state index in [0.717, 1.165) is 23.1 Å². The van der Waals surface area contributed by atoms with Gasteiger partial charge in [-0.3, -0.25) is 9.36 Å². The molecule has 0 amide bonds. The van der Waals surface area contributed by atoms with E-state index in [-0.39, 0.29) is 5.75 Å². The lowest BCUT2D eigenvalue weighted by Gasteiger charge is -2.07. The van der Waals surface area contributed by atoms with Gasteiger partial charge in [-0.15, -0.1) is 16.8 Å². The van der Waals surface area contributed by atoms with Crippen LogP contribution in [0.5, 0.6) is 5.75 Å². The van der Waals surface area contributed by atoms with Crippen LogP contribution in [0.3, 0.4) is 0 Å². The molecule has 1 aromatic carbocycles. The number of nitrogens with zero attached hydrogens (tertiary/aromatic N) is 3. The molecule has 2 aromatic rings. The number of carboxylic acids is 1. The van der Waals surface area contributed by atoms with Crippen LogP contribution in [-0.2, 0) is 11.3 Å². The van der Waals surface area contributed by atoms with Gasteiger partial charge in [0.25, 0.3) is 0 Å². The van der Waals surface area contributed by atoms with Gasteiger partial charge in [0.2, 0.25) is 0 Å². The second kappa shape index (κ2) is 6.94. The van der Waals surface area contributed by atoms with Gasteiger partial charge in [-0.05, 0) is 24.3 Å². The van der Waals surface area contributed by atoms with Crippen molar-refractivity contribution in [3.05, 3.63) is 36.9 Å². The molecular weight excluding hydrogens is 290 g/mol. The molecule has 0 atom stereocenters. The molecule has 2 rings (SSSR count). The van der Waals surface area contributed by atoms with Crippen molar-refractivity contribution < 1.29 is 14.6 Å². The van der Waals surface area contributed by atoms with E-state index in [9.17, 15) is 4.79 Å². The van der Waals surface area contributed by atoms with Crippen LogP contribution in [0.25, 0.3) is 11.4 Å². The molecule has 1 aromatic heterocycles. The van der Waals surface area contributed by atoms with Crippen molar-refractivity contribution in [2.24, 2.45) is 0 Å². The Bertz CT molecular complexity index is 637. The van der Waals surface area contributed by atoms with E-state index < -0.39 is 5.97 Å². The average molecular weight is 305 g/mol. The van der Waals surface area contributed by atoms with Crippen LogP contribution in [0.15, 0.2) is 42.1 Å². The zero-order valence-corrected chi connectivity index (χ0v) is 12.3. The summed E-state index contributed by atoms with van der Waals surface area (Å²) in [7, 11) is 1.61. The first-order valence-electron chi connectivity index (χ1n) is 6.18. The summed E-state index contributed by atoms with van der Waals surface area (Å²) in [5.74, 6) is 0.483. The van der Waals surface area contributed by atoms with Crippen molar-refractivity contribution in [3.8, 4) is 17.1 Å². The zero-order chi connectivity index (χ0) is 15.2. The van der Waals surface area contributed by atoms with Gasteiger partial charge in [-0.1, -0.05) is 17.8 Å². The van der Waals surface area contributed by atoms with Gasteiger partial charge in [0.1, 0.15) is 5.75 Å². The molecule has 0 saturated heterocycles. The highest BCUT2D eigenvalue weighted by molar-refractivity contribution is 7.99. The van der Waals surface area contributed by atoms with Crippen LogP contribution in [0.4, 0.5) is 0 Å². The molecule has 0 unspecified atom stereocenters. The Balaban J connectivity index is 2.33. The Morgan fingerprint density at radius 2 is 2.14 bits per heavy atom. The fraction of sp³-hybridized carbons (Fsp3) is 0.214. The van der Waals surface area contributed by atoms with Gasteiger partial charge in [0, 0.05) is 12.1 Å². The van der Waals surface area contributed by atoms with Crippen molar-refractivity contribution in [1.29, 1.82) is 0 Å². The Morgan fingerprint density at radius 3 is 2.71 bits per heavy atom. The molecule has 1 heterocycles. The van der Waals surface area contributed by atoms with Gasteiger partial charge >= 0.3 is 5.97 Å². The van der Waals surface area contributed by atoms with Gasteiger partial charge in [-0.25, -0.2) is 0 Å². The molecule has 0 aliphatic rings. The van der Waals surface area contributed by atoms with Crippen molar-refractivity contribution in [1.82, 2.24) is 14.8 Å². The minimum absolute atomic E-state index is 0.0577. The fourth-order valence-electron chi connectivity index (χ4n) is 1.77. The van der Waals surface area contributed by atoms with E-state index in [2.05, 4.69) is 16.8 Å². The van der Waals surface area contributed by atoms with Crippen LogP contribution in [-0.4, -0.2) is 38.7 Å². The summed E-state index contributed by atoms with van der Waals surface area (Å²) in [5.41, 5.74) is 0.882. The standard InChI is InChI=1S/C14H15N3O3S/c1-3-8-17-13(10-4-6-11(20-2)7-5-10)15-16-14(17)21-9-12(18)19/h3-7H,1,8-9H2,2H3,(H,18,19). The first kappa shape index (κ1) is 15.1. The van der Waals surface area contributed by atoms with Crippen molar-refractivity contribution in [3.63, 3.8) is 0 Å². The fourth-order valence-corrected chi connectivity index (χ4v) is 2.44. The first-order valence-corrected chi connectivity index (χ1v) is 7.17. The molecule has 7 heteroatoms. The van der Waals surface area contributed by atoms with Crippen LogP contribution in [0.2, 0.25) is 0 Å². The van der Waals surface area contributed by atoms with Gasteiger partial charge < -0.3 is 9.84 Å². The summed E-state index contributed by atoms with van der Waals surface area (Å²) >= 11 is 1.14. The number of ether oxygens (including phenoxy) is 1. The summed E-state index contributed by atoms with van der Waals surface area (Å²) < 4.78 is 6.96. The monoisotopic (exact) mass is 305 g/mol. The number of benzene rings is 1. The summed E-state index contributed by atoms with van der Waals surface area (Å²) in [4.78, 5) is 10.7. The average Bonchev–Trinajstić information content (AvgIpc) is 2.88. The van der Waals surface area contributed by atoms with E-state index in [1.165, 1.54) is 0 Å². The number of carboxylic acid groups (broad SMARTS) is 1. The maximum atomic E-state index is 10.7. The lowest BCUT2D eigenvalue weighted by Crippen LogP contribution is -2.03. The number of hydrogen-bond donors (Lipinski definition) is 1. The second-order valence-electron chi connectivity index (χ2n) is 4.12. The molecule has 1 N–H and O–H groups in total. The lowest BCUT2D eigenvalue weighted by molar-refractivity contribution is -0.133. The number of hydrogen-bond acceptors (Lipinski definition) is 5. The summed E-state index contributed by atoms with van der Waals surface area (Å²) in [5, 5.41) is 17.5. The van der Waals surface area contributed by atoms with Crippen LogP contribution >= 0.6 is 11.8 Å². The van der Waals surface area contributed by atoms with Crippen molar-refractivity contribution in [2.45, 2.75) is 11.7 Å². The quantitative estimate of drug-likeness (QED) is 0.625. The SMILES string of the molecule is C=CCn1c(SCC(=O)O)nnc1-c1ccc(OC)cc1. The Morgan fingerprint density at radius 1 is 1.43 bits per heavy atom. The molecule has 6 nitrogen and oxygen atoms in total. The maximum absolute atomic E-state index is 10.7.